The van der Waals surface area contributed by atoms with Crippen molar-refractivity contribution in [1.29, 1.82) is 0 Å². The van der Waals surface area contributed by atoms with E-state index >= 15 is 0 Å². The van der Waals surface area contributed by atoms with Gasteiger partial charge in [0.2, 0.25) is 5.78 Å². The summed E-state index contributed by atoms with van der Waals surface area (Å²) in [5.74, 6) is -0.129. The van der Waals surface area contributed by atoms with Gasteiger partial charge in [-0.05, 0) is 26.0 Å². The van der Waals surface area contributed by atoms with Crippen LogP contribution in [0.3, 0.4) is 0 Å². The van der Waals surface area contributed by atoms with Crippen molar-refractivity contribution >= 4 is 17.4 Å². The van der Waals surface area contributed by atoms with Crippen molar-refractivity contribution in [3.05, 3.63) is 29.0 Å². The number of carbonyl (C=O) groups excluding carboxylic acids is 1. The molecule has 14 heavy (non-hydrogen) atoms. The second-order valence-corrected chi connectivity index (χ2v) is 3.58. The lowest BCUT2D eigenvalue weighted by atomic mass is 10.2. The Hall–Kier alpha value is -0.930. The molecule has 0 saturated heterocycles. The first kappa shape index (κ1) is 11.1. The standard InChI is InChI=1S/C10H12ClNO2/c1-7(2)14-6-10(13)9-4-3-8(11)5-12-9/h3-5,7H,6H2,1-2H3. The number of carbonyl (C=O) groups is 1. The van der Waals surface area contributed by atoms with E-state index < -0.39 is 0 Å². The van der Waals surface area contributed by atoms with E-state index in [4.69, 9.17) is 16.3 Å². The molecule has 0 unspecified atom stereocenters. The van der Waals surface area contributed by atoms with Crippen LogP contribution in [0.2, 0.25) is 5.02 Å². The predicted octanol–water partition coefficient (Wildman–Crippen LogP) is 2.34. The van der Waals surface area contributed by atoms with Gasteiger partial charge in [0, 0.05) is 6.20 Å². The molecule has 76 valence electrons. The minimum Gasteiger partial charge on any atom is -0.371 e. The minimum absolute atomic E-state index is 0.0475. The van der Waals surface area contributed by atoms with Crippen LogP contribution in [-0.2, 0) is 4.74 Å². The highest BCUT2D eigenvalue weighted by atomic mass is 35.5. The van der Waals surface area contributed by atoms with E-state index in [1.165, 1.54) is 6.20 Å². The van der Waals surface area contributed by atoms with Gasteiger partial charge in [-0.3, -0.25) is 9.78 Å². The third kappa shape index (κ3) is 3.44. The highest BCUT2D eigenvalue weighted by Crippen LogP contribution is 2.06. The summed E-state index contributed by atoms with van der Waals surface area (Å²) < 4.78 is 5.17. The Kier molecular flexibility index (Phi) is 4.04. The van der Waals surface area contributed by atoms with Crippen LogP contribution in [0.4, 0.5) is 0 Å². The first-order chi connectivity index (χ1) is 6.59. The van der Waals surface area contributed by atoms with Crippen molar-refractivity contribution in [3.8, 4) is 0 Å². The fraction of sp³-hybridized carbons (Fsp3) is 0.400. The van der Waals surface area contributed by atoms with Crippen LogP contribution in [0.25, 0.3) is 0 Å². The third-order valence-corrected chi connectivity index (χ3v) is 1.78. The van der Waals surface area contributed by atoms with Gasteiger partial charge in [-0.1, -0.05) is 11.6 Å². The summed E-state index contributed by atoms with van der Waals surface area (Å²) in [6.45, 7) is 3.82. The van der Waals surface area contributed by atoms with Gasteiger partial charge in [-0.15, -0.1) is 0 Å². The summed E-state index contributed by atoms with van der Waals surface area (Å²) in [6, 6.07) is 3.23. The largest absolute Gasteiger partial charge is 0.371 e. The first-order valence-corrected chi connectivity index (χ1v) is 4.73. The summed E-state index contributed by atoms with van der Waals surface area (Å²) in [5.41, 5.74) is 0.384. The quantitative estimate of drug-likeness (QED) is 0.721. The molecule has 1 aromatic rings. The summed E-state index contributed by atoms with van der Waals surface area (Å²) in [7, 11) is 0. The van der Waals surface area contributed by atoms with Crippen molar-refractivity contribution in [2.75, 3.05) is 6.61 Å². The Bertz CT molecular complexity index is 308. The lowest BCUT2D eigenvalue weighted by molar-refractivity contribution is 0.0580. The Morgan fingerprint density at radius 2 is 2.29 bits per heavy atom. The van der Waals surface area contributed by atoms with Crippen LogP contribution >= 0.6 is 11.6 Å². The molecule has 0 atom stereocenters. The molecule has 0 aliphatic carbocycles. The van der Waals surface area contributed by atoms with Crippen LogP contribution in [0, 0.1) is 0 Å². The normalized spacial score (nSPS) is 10.6. The Morgan fingerprint density at radius 3 is 2.79 bits per heavy atom. The van der Waals surface area contributed by atoms with Gasteiger partial charge in [0.1, 0.15) is 12.3 Å². The molecule has 1 rings (SSSR count). The molecule has 0 radical (unpaired) electrons. The predicted molar refractivity (Wildman–Crippen MR) is 54.7 cm³/mol. The van der Waals surface area contributed by atoms with Gasteiger partial charge in [-0.25, -0.2) is 0 Å². The highest BCUT2D eigenvalue weighted by molar-refractivity contribution is 6.30. The van der Waals surface area contributed by atoms with Gasteiger partial charge in [0.25, 0.3) is 0 Å². The van der Waals surface area contributed by atoms with Crippen molar-refractivity contribution in [1.82, 2.24) is 4.98 Å². The molecule has 0 aromatic carbocycles. The molecule has 3 nitrogen and oxygen atoms in total. The average molecular weight is 214 g/mol. The smallest absolute Gasteiger partial charge is 0.206 e. The van der Waals surface area contributed by atoms with Crippen LogP contribution in [0.5, 0.6) is 0 Å². The van der Waals surface area contributed by atoms with Crippen LogP contribution < -0.4 is 0 Å². The number of nitrogens with zero attached hydrogens (tertiary/aromatic N) is 1. The molecule has 0 saturated carbocycles. The van der Waals surface area contributed by atoms with Crippen molar-refractivity contribution in [2.45, 2.75) is 20.0 Å². The number of hydrogen-bond donors (Lipinski definition) is 0. The molecule has 1 heterocycles. The number of pyridine rings is 1. The summed E-state index contributed by atoms with van der Waals surface area (Å²) in [6.07, 6.45) is 1.50. The Morgan fingerprint density at radius 1 is 1.57 bits per heavy atom. The molecule has 0 spiro atoms. The minimum atomic E-state index is -0.129. The lowest BCUT2D eigenvalue weighted by Gasteiger charge is -2.05. The van der Waals surface area contributed by atoms with Gasteiger partial charge in [0.15, 0.2) is 0 Å². The molecule has 0 aliphatic rings. The molecule has 0 aliphatic heterocycles. The molecule has 0 fully saturated rings. The van der Waals surface area contributed by atoms with E-state index in [9.17, 15) is 4.79 Å². The number of rotatable bonds is 4. The second-order valence-electron chi connectivity index (χ2n) is 3.14. The Balaban J connectivity index is 2.57. The topological polar surface area (TPSA) is 39.2 Å². The van der Waals surface area contributed by atoms with E-state index in [2.05, 4.69) is 4.98 Å². The van der Waals surface area contributed by atoms with E-state index in [0.717, 1.165) is 0 Å². The number of Topliss-reactive ketones (excluding diaryl/α,β-unsaturated/α-hetero) is 1. The lowest BCUT2D eigenvalue weighted by Crippen LogP contribution is -2.14. The molecule has 0 amide bonds. The SMILES string of the molecule is CC(C)OCC(=O)c1ccc(Cl)cn1. The third-order valence-electron chi connectivity index (χ3n) is 1.56. The zero-order chi connectivity index (χ0) is 10.6. The van der Waals surface area contributed by atoms with Crippen LogP contribution in [-0.4, -0.2) is 23.5 Å². The van der Waals surface area contributed by atoms with E-state index in [1.807, 2.05) is 13.8 Å². The number of ether oxygens (including phenoxy) is 1. The zero-order valence-electron chi connectivity index (χ0n) is 8.16. The molecular weight excluding hydrogens is 202 g/mol. The fourth-order valence-electron chi connectivity index (χ4n) is 0.857. The van der Waals surface area contributed by atoms with Gasteiger partial charge in [0.05, 0.1) is 11.1 Å². The molecular formula is C10H12ClNO2. The average Bonchev–Trinajstić information content (AvgIpc) is 2.15. The highest BCUT2D eigenvalue weighted by Gasteiger charge is 2.07. The van der Waals surface area contributed by atoms with Crippen LogP contribution in [0.1, 0.15) is 24.3 Å². The summed E-state index contributed by atoms with van der Waals surface area (Å²) >= 11 is 5.64. The zero-order valence-corrected chi connectivity index (χ0v) is 8.91. The summed E-state index contributed by atoms with van der Waals surface area (Å²) in [5, 5.41) is 0.520. The van der Waals surface area contributed by atoms with Crippen molar-refractivity contribution < 1.29 is 9.53 Å². The van der Waals surface area contributed by atoms with E-state index in [1.54, 1.807) is 12.1 Å². The van der Waals surface area contributed by atoms with Gasteiger partial charge >= 0.3 is 0 Å². The fourth-order valence-corrected chi connectivity index (χ4v) is 0.969. The van der Waals surface area contributed by atoms with Gasteiger partial charge < -0.3 is 4.74 Å². The molecule has 4 heteroatoms. The van der Waals surface area contributed by atoms with Crippen LogP contribution in [0.15, 0.2) is 18.3 Å². The van der Waals surface area contributed by atoms with Gasteiger partial charge in [-0.2, -0.15) is 0 Å². The molecule has 0 N–H and O–H groups in total. The Labute approximate surface area is 88.1 Å². The number of aromatic nitrogens is 1. The first-order valence-electron chi connectivity index (χ1n) is 4.36. The number of ketones is 1. The second kappa shape index (κ2) is 5.08. The molecule has 0 bridgehead atoms. The maximum Gasteiger partial charge on any atom is 0.206 e. The molecule has 1 aromatic heterocycles. The maximum absolute atomic E-state index is 11.4. The maximum atomic E-state index is 11.4. The van der Waals surface area contributed by atoms with Crippen molar-refractivity contribution in [2.24, 2.45) is 0 Å². The number of halogens is 1. The van der Waals surface area contributed by atoms with E-state index in [0.29, 0.717) is 10.7 Å². The summed E-state index contributed by atoms with van der Waals surface area (Å²) in [4.78, 5) is 15.3. The van der Waals surface area contributed by atoms with E-state index in [-0.39, 0.29) is 18.5 Å². The monoisotopic (exact) mass is 213 g/mol. The van der Waals surface area contributed by atoms with Crippen molar-refractivity contribution in [3.63, 3.8) is 0 Å². The number of hydrogen-bond acceptors (Lipinski definition) is 3.